The van der Waals surface area contributed by atoms with E-state index in [0.29, 0.717) is 0 Å². The van der Waals surface area contributed by atoms with Crippen LogP contribution in [0.4, 0.5) is 0 Å². The second-order valence-corrected chi connectivity index (χ2v) is 3.37. The molecule has 5 nitrogen and oxygen atoms in total. The van der Waals surface area contributed by atoms with Crippen LogP contribution >= 0.6 is 11.5 Å². The Labute approximate surface area is 74.1 Å². The normalized spacial score (nSPS) is 10.2. The fourth-order valence-electron chi connectivity index (χ4n) is 0.612. The summed E-state index contributed by atoms with van der Waals surface area (Å²) in [6, 6.07) is 0. The fraction of sp³-hybridized carbons (Fsp3) is 0.200. The van der Waals surface area contributed by atoms with Crippen molar-refractivity contribution in [2.45, 2.75) is 5.03 Å². The molecule has 0 N–H and O–H groups in total. The van der Waals surface area contributed by atoms with Crippen LogP contribution in [-0.2, 0) is 15.4 Å². The van der Waals surface area contributed by atoms with E-state index < -0.39 is 16.7 Å². The minimum atomic E-state index is -2.82. The van der Waals surface area contributed by atoms with Crippen LogP contribution < -0.4 is 0 Å². The first kappa shape index (κ1) is 9.14. The second-order valence-electron chi connectivity index (χ2n) is 1.80. The van der Waals surface area contributed by atoms with Crippen LogP contribution in [0.15, 0.2) is 10.4 Å². The number of hydrogen-bond acceptors (Lipinski definition) is 6. The molecule has 12 heavy (non-hydrogen) atoms. The molecule has 7 heteroatoms. The Morgan fingerprint density at radius 1 is 1.67 bits per heavy atom. The molecular formula is C5H5NO4S2. The van der Waals surface area contributed by atoms with Crippen molar-refractivity contribution in [3.05, 3.63) is 10.9 Å². The molecule has 0 saturated heterocycles. The van der Waals surface area contributed by atoms with Crippen molar-refractivity contribution in [1.29, 1.82) is 0 Å². The van der Waals surface area contributed by atoms with Gasteiger partial charge < -0.3 is 4.74 Å². The van der Waals surface area contributed by atoms with Crippen LogP contribution in [0.1, 0.15) is 10.4 Å². The monoisotopic (exact) mass is 207 g/mol. The molecule has 0 radical (unpaired) electrons. The van der Waals surface area contributed by atoms with Gasteiger partial charge in [-0.3, -0.25) is 0 Å². The lowest BCUT2D eigenvalue weighted by Gasteiger charge is -1.93. The first-order valence-electron chi connectivity index (χ1n) is 2.84. The van der Waals surface area contributed by atoms with Gasteiger partial charge in [0.15, 0.2) is 15.7 Å². The van der Waals surface area contributed by atoms with Crippen LogP contribution in [-0.4, -0.2) is 25.9 Å². The molecule has 0 bridgehead atoms. The highest BCUT2D eigenvalue weighted by atomic mass is 32.2. The van der Waals surface area contributed by atoms with E-state index in [4.69, 9.17) is 0 Å². The first-order chi connectivity index (χ1) is 5.66. The highest BCUT2D eigenvalue weighted by Gasteiger charge is 2.15. The molecule has 0 fully saturated rings. The molecule has 0 saturated carbocycles. The van der Waals surface area contributed by atoms with Gasteiger partial charge in [0.05, 0.1) is 7.11 Å². The number of hydrogen-bond donors (Lipinski definition) is 1. The van der Waals surface area contributed by atoms with Crippen LogP contribution in [0.5, 0.6) is 0 Å². The Balaban J connectivity index is 3.16. The van der Waals surface area contributed by atoms with Gasteiger partial charge >= 0.3 is 5.97 Å². The number of carbonyl (C=O) groups excluding carboxylic acids is 1. The summed E-state index contributed by atoms with van der Waals surface area (Å²) in [5.41, 5.74) is -0.00129. The van der Waals surface area contributed by atoms with Crippen LogP contribution in [0, 0.1) is 0 Å². The summed E-state index contributed by atoms with van der Waals surface area (Å²) in [6.07, 6.45) is 0. The molecule has 0 amide bonds. The average Bonchev–Trinajstić information content (AvgIpc) is 2.50. The summed E-state index contributed by atoms with van der Waals surface area (Å²) in [4.78, 5) is 10.9. The van der Waals surface area contributed by atoms with E-state index in [1.54, 1.807) is 0 Å². The molecule has 0 aliphatic carbocycles. The molecule has 1 rings (SSSR count). The summed E-state index contributed by atoms with van der Waals surface area (Å²) in [5, 5.41) is 1.12. The number of methoxy groups -OCH3 is 1. The topological polar surface area (TPSA) is 73.3 Å². The smallest absolute Gasteiger partial charge is 0.341 e. The first-order valence-corrected chi connectivity index (χ1v) is 4.85. The number of ether oxygens (including phenoxy) is 1. The van der Waals surface area contributed by atoms with Gasteiger partial charge in [-0.2, -0.15) is 4.37 Å². The zero-order valence-corrected chi connectivity index (χ0v) is 7.72. The zero-order valence-electron chi connectivity index (χ0n) is 6.01. The molecule has 0 spiro atoms. The maximum atomic E-state index is 10.9. The van der Waals surface area contributed by atoms with Crippen molar-refractivity contribution in [2.24, 2.45) is 0 Å². The van der Waals surface area contributed by atoms with Crippen LogP contribution in [0.3, 0.4) is 0 Å². The van der Waals surface area contributed by atoms with Crippen molar-refractivity contribution in [3.63, 3.8) is 0 Å². The third-order valence-corrected chi connectivity index (χ3v) is 2.58. The number of esters is 1. The zero-order chi connectivity index (χ0) is 9.14. The molecule has 1 heterocycles. The van der Waals surface area contributed by atoms with Crippen molar-refractivity contribution in [2.75, 3.05) is 7.11 Å². The summed E-state index contributed by atoms with van der Waals surface area (Å²) >= 11 is 0.904. The maximum absolute atomic E-state index is 10.9. The lowest BCUT2D eigenvalue weighted by atomic mass is 10.4. The number of rotatable bonds is 2. The summed E-state index contributed by atoms with van der Waals surface area (Å²) in [7, 11) is -1.64. The van der Waals surface area contributed by atoms with Crippen molar-refractivity contribution < 1.29 is 17.9 Å². The predicted molar refractivity (Wildman–Crippen MR) is 42.0 cm³/mol. The van der Waals surface area contributed by atoms with Gasteiger partial charge in [0.1, 0.15) is 5.56 Å². The van der Waals surface area contributed by atoms with Gasteiger partial charge in [-0.15, -0.1) is 0 Å². The number of aromatic nitrogens is 1. The van der Waals surface area contributed by atoms with Gasteiger partial charge in [0.25, 0.3) is 0 Å². The van der Waals surface area contributed by atoms with Gasteiger partial charge in [0, 0.05) is 5.38 Å². The number of carbonyl (C=O) groups is 1. The summed E-state index contributed by atoms with van der Waals surface area (Å²) in [6.45, 7) is 0. The molecule has 0 unspecified atom stereocenters. The highest BCUT2D eigenvalue weighted by Crippen LogP contribution is 2.12. The van der Waals surface area contributed by atoms with Crippen molar-refractivity contribution >= 4 is 28.2 Å². The van der Waals surface area contributed by atoms with Crippen molar-refractivity contribution in [1.82, 2.24) is 4.37 Å². The quantitative estimate of drug-likeness (QED) is 0.541. The average molecular weight is 207 g/mol. The fourth-order valence-corrected chi connectivity index (χ4v) is 2.02. The Kier molecular flexibility index (Phi) is 2.77. The van der Waals surface area contributed by atoms with Crippen LogP contribution in [0.25, 0.3) is 0 Å². The summed E-state index contributed by atoms with van der Waals surface area (Å²) in [5.74, 6) is -0.682. The van der Waals surface area contributed by atoms with Gasteiger partial charge in [-0.05, 0) is 11.5 Å². The molecule has 1 aromatic rings. The van der Waals surface area contributed by atoms with Gasteiger partial charge in [-0.1, -0.05) is 0 Å². The molecule has 1 aromatic heterocycles. The Hall–Kier alpha value is -0.950. The molecule has 0 aromatic carbocycles. The Bertz CT molecular complexity index is 359. The summed E-state index contributed by atoms with van der Waals surface area (Å²) < 4.78 is 28.8. The Morgan fingerprint density at radius 3 is 2.83 bits per heavy atom. The van der Waals surface area contributed by atoms with E-state index in [9.17, 15) is 13.2 Å². The van der Waals surface area contributed by atoms with E-state index in [1.165, 1.54) is 12.5 Å². The molecule has 0 aliphatic heterocycles. The van der Waals surface area contributed by atoms with E-state index in [2.05, 4.69) is 9.11 Å². The second kappa shape index (κ2) is 3.63. The van der Waals surface area contributed by atoms with Crippen molar-refractivity contribution in [3.8, 4) is 0 Å². The molecular weight excluding hydrogens is 202 g/mol. The highest BCUT2D eigenvalue weighted by molar-refractivity contribution is 7.72. The number of nitrogens with zero attached hydrogens (tertiary/aromatic N) is 1. The van der Waals surface area contributed by atoms with E-state index >= 15 is 0 Å². The molecule has 0 aliphatic rings. The van der Waals surface area contributed by atoms with E-state index in [1.807, 2.05) is 0 Å². The van der Waals surface area contributed by atoms with Gasteiger partial charge in [0.2, 0.25) is 0 Å². The standard InChI is InChI=1S/C5H5NO4S2/c1-10-5(7)3-2-11-6-4(3)12(8)9/h2,12H,1H3. The SMILES string of the molecule is COC(=O)c1csnc1[SH](=O)=O. The predicted octanol–water partition coefficient (Wildman–Crippen LogP) is -0.100. The lowest BCUT2D eigenvalue weighted by Crippen LogP contribution is -2.02. The third-order valence-electron chi connectivity index (χ3n) is 1.13. The van der Waals surface area contributed by atoms with E-state index in [-0.39, 0.29) is 10.6 Å². The Morgan fingerprint density at radius 2 is 2.33 bits per heavy atom. The lowest BCUT2D eigenvalue weighted by molar-refractivity contribution is 0.0596. The maximum Gasteiger partial charge on any atom is 0.341 e. The van der Waals surface area contributed by atoms with Crippen LogP contribution in [0.2, 0.25) is 0 Å². The number of thiol groups is 1. The molecule has 66 valence electrons. The minimum absolute atomic E-state index is 0.00129. The third kappa shape index (κ3) is 1.62. The van der Waals surface area contributed by atoms with E-state index in [0.717, 1.165) is 11.5 Å². The van der Waals surface area contributed by atoms with Gasteiger partial charge in [-0.25, -0.2) is 13.2 Å². The minimum Gasteiger partial charge on any atom is -0.465 e. The largest absolute Gasteiger partial charge is 0.465 e. The molecule has 0 atom stereocenters.